The van der Waals surface area contributed by atoms with E-state index in [-0.39, 0.29) is 30.8 Å². The Morgan fingerprint density at radius 3 is 2.61 bits per heavy atom. The Balaban J connectivity index is 0.00000289. The second-order valence-corrected chi connectivity index (χ2v) is 4.94. The lowest BCUT2D eigenvalue weighted by atomic mass is 9.96. The maximum atomic E-state index is 11.9. The molecule has 0 aliphatic carbocycles. The quantitative estimate of drug-likeness (QED) is 0.658. The molecule has 1 aliphatic rings. The molecule has 1 saturated heterocycles. The van der Waals surface area contributed by atoms with Crippen LogP contribution < -0.4 is 10.6 Å². The zero-order valence-corrected chi connectivity index (χ0v) is 12.1. The predicted molar refractivity (Wildman–Crippen MR) is 76.0 cm³/mol. The van der Waals surface area contributed by atoms with E-state index in [0.717, 1.165) is 51.7 Å². The summed E-state index contributed by atoms with van der Waals surface area (Å²) in [4.78, 5) is 11.9. The third-order valence-electron chi connectivity index (χ3n) is 3.51. The van der Waals surface area contributed by atoms with Crippen LogP contribution in [0, 0.1) is 11.8 Å². The van der Waals surface area contributed by atoms with Crippen LogP contribution in [0.15, 0.2) is 0 Å². The second kappa shape index (κ2) is 10.6. The van der Waals surface area contributed by atoms with Crippen molar-refractivity contribution in [1.29, 1.82) is 0 Å². The van der Waals surface area contributed by atoms with Crippen LogP contribution in [-0.2, 0) is 4.79 Å². The first kappa shape index (κ1) is 17.7. The maximum absolute atomic E-state index is 11.9. The number of nitrogens with one attached hydrogen (secondary N) is 2. The molecule has 18 heavy (non-hydrogen) atoms. The number of rotatable bonds is 7. The van der Waals surface area contributed by atoms with E-state index in [4.69, 9.17) is 5.11 Å². The Morgan fingerprint density at radius 1 is 1.39 bits per heavy atom. The summed E-state index contributed by atoms with van der Waals surface area (Å²) < 4.78 is 0. The van der Waals surface area contributed by atoms with Gasteiger partial charge in [-0.25, -0.2) is 0 Å². The van der Waals surface area contributed by atoms with Gasteiger partial charge in [0.25, 0.3) is 0 Å². The molecule has 1 rings (SSSR count). The van der Waals surface area contributed by atoms with E-state index in [1.165, 1.54) is 0 Å². The number of halogens is 1. The summed E-state index contributed by atoms with van der Waals surface area (Å²) in [5.41, 5.74) is 0. The van der Waals surface area contributed by atoms with E-state index < -0.39 is 0 Å². The van der Waals surface area contributed by atoms with Crippen LogP contribution in [0.4, 0.5) is 0 Å². The lowest BCUT2D eigenvalue weighted by Gasteiger charge is -2.23. The molecule has 1 atom stereocenters. The molecule has 108 valence electrons. The average molecular weight is 279 g/mol. The maximum Gasteiger partial charge on any atom is 0.223 e. The SMILES string of the molecule is CCCC(CCO)CNC(=O)C1CCNCC1.Cl. The fraction of sp³-hybridized carbons (Fsp3) is 0.923. The molecular weight excluding hydrogens is 252 g/mol. The van der Waals surface area contributed by atoms with Crippen molar-refractivity contribution in [1.82, 2.24) is 10.6 Å². The topological polar surface area (TPSA) is 61.4 Å². The normalized spacial score (nSPS) is 17.9. The van der Waals surface area contributed by atoms with Gasteiger partial charge in [-0.3, -0.25) is 4.79 Å². The number of piperidine rings is 1. The van der Waals surface area contributed by atoms with Gasteiger partial charge >= 0.3 is 0 Å². The van der Waals surface area contributed by atoms with Gasteiger partial charge in [0.05, 0.1) is 0 Å². The smallest absolute Gasteiger partial charge is 0.223 e. The lowest BCUT2D eigenvalue weighted by Crippen LogP contribution is -2.40. The summed E-state index contributed by atoms with van der Waals surface area (Å²) in [5, 5.41) is 15.3. The number of carbonyl (C=O) groups is 1. The van der Waals surface area contributed by atoms with Crippen LogP contribution >= 0.6 is 12.4 Å². The van der Waals surface area contributed by atoms with Crippen LogP contribution in [0.5, 0.6) is 0 Å². The average Bonchev–Trinajstić information content (AvgIpc) is 2.37. The standard InChI is InChI=1S/C13H26N2O2.ClH/c1-2-3-11(6-9-16)10-15-13(17)12-4-7-14-8-5-12;/h11-12,14,16H,2-10H2,1H3,(H,15,17);1H. The highest BCUT2D eigenvalue weighted by molar-refractivity contribution is 5.85. The van der Waals surface area contributed by atoms with Crippen LogP contribution in [0.25, 0.3) is 0 Å². The summed E-state index contributed by atoms with van der Waals surface area (Å²) in [7, 11) is 0. The molecule has 1 aliphatic heterocycles. The summed E-state index contributed by atoms with van der Waals surface area (Å²) >= 11 is 0. The number of hydrogen-bond acceptors (Lipinski definition) is 3. The van der Waals surface area contributed by atoms with Crippen molar-refractivity contribution in [3.05, 3.63) is 0 Å². The van der Waals surface area contributed by atoms with Gasteiger partial charge in [-0.2, -0.15) is 0 Å². The van der Waals surface area contributed by atoms with Crippen molar-refractivity contribution < 1.29 is 9.90 Å². The third kappa shape index (κ3) is 6.57. The summed E-state index contributed by atoms with van der Waals surface area (Å²) in [6.45, 7) is 4.98. The highest BCUT2D eigenvalue weighted by Crippen LogP contribution is 2.13. The van der Waals surface area contributed by atoms with Gasteiger partial charge < -0.3 is 15.7 Å². The van der Waals surface area contributed by atoms with E-state index >= 15 is 0 Å². The van der Waals surface area contributed by atoms with Crippen molar-refractivity contribution in [2.45, 2.75) is 39.0 Å². The minimum absolute atomic E-state index is 0. The molecule has 0 spiro atoms. The first-order chi connectivity index (χ1) is 8.27. The van der Waals surface area contributed by atoms with Gasteiger partial charge in [0.1, 0.15) is 0 Å². The largest absolute Gasteiger partial charge is 0.396 e. The molecule has 0 aromatic heterocycles. The molecule has 1 amide bonds. The number of amides is 1. The van der Waals surface area contributed by atoms with Gasteiger partial charge in [0, 0.05) is 19.1 Å². The molecule has 0 bridgehead atoms. The Bertz CT molecular complexity index is 215. The van der Waals surface area contributed by atoms with Crippen LogP contribution in [-0.4, -0.2) is 37.3 Å². The predicted octanol–water partition coefficient (Wildman–Crippen LogP) is 1.32. The zero-order chi connectivity index (χ0) is 12.5. The van der Waals surface area contributed by atoms with Crippen LogP contribution in [0.3, 0.4) is 0 Å². The molecule has 0 saturated carbocycles. The first-order valence-electron chi connectivity index (χ1n) is 6.87. The number of hydrogen-bond donors (Lipinski definition) is 3. The van der Waals surface area contributed by atoms with E-state index in [0.29, 0.717) is 5.92 Å². The van der Waals surface area contributed by atoms with Crippen molar-refractivity contribution >= 4 is 18.3 Å². The summed E-state index contributed by atoms with van der Waals surface area (Å²) in [6.07, 6.45) is 4.87. The molecule has 0 aromatic carbocycles. The molecule has 4 nitrogen and oxygen atoms in total. The van der Waals surface area contributed by atoms with Gasteiger partial charge in [0.2, 0.25) is 5.91 Å². The van der Waals surface area contributed by atoms with Crippen molar-refractivity contribution in [3.8, 4) is 0 Å². The van der Waals surface area contributed by atoms with Gasteiger partial charge in [-0.15, -0.1) is 12.4 Å². The Labute approximate surface area is 116 Å². The molecule has 1 fully saturated rings. The first-order valence-corrected chi connectivity index (χ1v) is 6.87. The summed E-state index contributed by atoms with van der Waals surface area (Å²) in [6, 6.07) is 0. The Kier molecular flexibility index (Phi) is 10.4. The van der Waals surface area contributed by atoms with Gasteiger partial charge in [-0.1, -0.05) is 13.3 Å². The van der Waals surface area contributed by atoms with E-state index in [1.807, 2.05) is 0 Å². The minimum atomic E-state index is 0. The van der Waals surface area contributed by atoms with Gasteiger partial charge in [0.15, 0.2) is 0 Å². The Hall–Kier alpha value is -0.320. The van der Waals surface area contributed by atoms with E-state index in [1.54, 1.807) is 0 Å². The molecule has 1 heterocycles. The van der Waals surface area contributed by atoms with Crippen LogP contribution in [0.1, 0.15) is 39.0 Å². The fourth-order valence-corrected chi connectivity index (χ4v) is 2.41. The van der Waals surface area contributed by atoms with E-state index in [2.05, 4.69) is 17.6 Å². The molecular formula is C13H27ClN2O2. The highest BCUT2D eigenvalue weighted by Gasteiger charge is 2.21. The number of aliphatic hydroxyl groups is 1. The third-order valence-corrected chi connectivity index (χ3v) is 3.51. The monoisotopic (exact) mass is 278 g/mol. The number of aliphatic hydroxyl groups excluding tert-OH is 1. The van der Waals surface area contributed by atoms with Crippen molar-refractivity contribution in [2.75, 3.05) is 26.2 Å². The minimum Gasteiger partial charge on any atom is -0.396 e. The lowest BCUT2D eigenvalue weighted by molar-refractivity contribution is -0.125. The van der Waals surface area contributed by atoms with Crippen molar-refractivity contribution in [3.63, 3.8) is 0 Å². The molecule has 0 radical (unpaired) electrons. The van der Waals surface area contributed by atoms with Crippen LogP contribution in [0.2, 0.25) is 0 Å². The second-order valence-electron chi connectivity index (χ2n) is 4.94. The van der Waals surface area contributed by atoms with E-state index in [9.17, 15) is 4.79 Å². The molecule has 1 unspecified atom stereocenters. The highest BCUT2D eigenvalue weighted by atomic mass is 35.5. The molecule has 3 N–H and O–H groups in total. The van der Waals surface area contributed by atoms with Gasteiger partial charge in [-0.05, 0) is 44.7 Å². The Morgan fingerprint density at radius 2 is 2.06 bits per heavy atom. The fourth-order valence-electron chi connectivity index (χ4n) is 2.41. The zero-order valence-electron chi connectivity index (χ0n) is 11.3. The number of carbonyl (C=O) groups excluding carboxylic acids is 1. The summed E-state index contributed by atoms with van der Waals surface area (Å²) in [5.74, 6) is 0.814. The molecule has 0 aromatic rings. The molecule has 5 heteroatoms. The van der Waals surface area contributed by atoms with Crippen molar-refractivity contribution in [2.24, 2.45) is 11.8 Å².